The highest BCUT2D eigenvalue weighted by Gasteiger charge is 2.45. The zero-order valence-electron chi connectivity index (χ0n) is 7.70. The number of aromatic nitrogens is 1. The van der Waals surface area contributed by atoms with Crippen LogP contribution >= 0.6 is 8.73 Å². The lowest BCUT2D eigenvalue weighted by atomic mass is 10.1. The Hall–Kier alpha value is -0.620. The smallest absolute Gasteiger partial charge is 0.0673 e. The summed E-state index contributed by atoms with van der Waals surface area (Å²) >= 11 is 0. The number of hydrogen-bond donors (Lipinski definition) is 0. The van der Waals surface area contributed by atoms with E-state index < -0.39 is 0 Å². The van der Waals surface area contributed by atoms with E-state index in [1.165, 1.54) is 24.3 Å². The molecule has 1 fully saturated rings. The van der Waals surface area contributed by atoms with Gasteiger partial charge in [-0.3, -0.25) is 4.98 Å². The van der Waals surface area contributed by atoms with Gasteiger partial charge in [0.25, 0.3) is 0 Å². The molecule has 3 atom stereocenters. The lowest BCUT2D eigenvalue weighted by Crippen LogP contribution is -2.21. The van der Waals surface area contributed by atoms with E-state index in [1.807, 2.05) is 6.20 Å². The number of fused-ring (bicyclic) bond motifs is 3. The number of nitrogens with zero attached hydrogens (tertiary/aromatic N) is 2. The molecule has 68 valence electrons. The minimum atomic E-state index is 0.795. The van der Waals surface area contributed by atoms with Crippen molar-refractivity contribution in [3.63, 3.8) is 0 Å². The summed E-state index contributed by atoms with van der Waals surface area (Å²) in [6.07, 6.45) is 3.29. The second-order valence-electron chi connectivity index (χ2n) is 3.84. The standard InChI is InChI=1S/C10H13N2P/c1-13-12-6-7-5-8(7)10-9(12)3-2-4-11-10/h2-4,7-8,13H,5-6H2,1H3. The van der Waals surface area contributed by atoms with E-state index in [-0.39, 0.29) is 0 Å². The molecular weight excluding hydrogens is 179 g/mol. The summed E-state index contributed by atoms with van der Waals surface area (Å²) in [5.41, 5.74) is 2.75. The van der Waals surface area contributed by atoms with Crippen molar-refractivity contribution in [2.24, 2.45) is 5.92 Å². The Morgan fingerprint density at radius 1 is 1.62 bits per heavy atom. The van der Waals surface area contributed by atoms with Gasteiger partial charge in [0.1, 0.15) is 0 Å². The maximum Gasteiger partial charge on any atom is 0.0673 e. The third-order valence-corrected chi connectivity index (χ3v) is 4.03. The van der Waals surface area contributed by atoms with Crippen LogP contribution in [-0.4, -0.2) is 18.2 Å². The molecule has 3 unspecified atom stereocenters. The molecule has 2 aliphatic rings. The van der Waals surface area contributed by atoms with Gasteiger partial charge in [-0.05, 0) is 39.9 Å². The fourth-order valence-corrected chi connectivity index (χ4v) is 3.10. The Bertz CT molecular complexity index is 339. The lowest BCUT2D eigenvalue weighted by molar-refractivity contribution is 0.761. The van der Waals surface area contributed by atoms with E-state index in [4.69, 9.17) is 0 Å². The molecule has 0 saturated heterocycles. The van der Waals surface area contributed by atoms with Gasteiger partial charge in [-0.15, -0.1) is 0 Å². The summed E-state index contributed by atoms with van der Waals surface area (Å²) in [5, 5.41) is 0. The molecule has 2 nitrogen and oxygen atoms in total. The molecular formula is C10H13N2P. The second kappa shape index (κ2) is 2.68. The number of rotatable bonds is 1. The third kappa shape index (κ3) is 1.08. The van der Waals surface area contributed by atoms with E-state index >= 15 is 0 Å². The summed E-state index contributed by atoms with van der Waals surface area (Å²) in [6.45, 7) is 3.51. The van der Waals surface area contributed by atoms with Gasteiger partial charge < -0.3 is 4.67 Å². The average molecular weight is 192 g/mol. The highest BCUT2D eigenvalue weighted by Crippen LogP contribution is 2.55. The maximum absolute atomic E-state index is 4.50. The second-order valence-corrected chi connectivity index (χ2v) is 4.83. The van der Waals surface area contributed by atoms with Gasteiger partial charge in [-0.25, -0.2) is 0 Å². The van der Waals surface area contributed by atoms with Crippen LogP contribution in [0.1, 0.15) is 18.0 Å². The zero-order chi connectivity index (χ0) is 8.84. The minimum Gasteiger partial charge on any atom is -0.352 e. The van der Waals surface area contributed by atoms with Crippen molar-refractivity contribution in [2.75, 3.05) is 17.9 Å². The van der Waals surface area contributed by atoms with Crippen LogP contribution in [0.3, 0.4) is 0 Å². The Labute approximate surface area is 80.2 Å². The molecule has 1 aromatic heterocycles. The molecule has 1 aliphatic carbocycles. The van der Waals surface area contributed by atoms with Crippen LogP contribution in [0.2, 0.25) is 0 Å². The summed E-state index contributed by atoms with van der Waals surface area (Å²) in [6, 6.07) is 4.27. The predicted octanol–water partition coefficient (Wildman–Crippen LogP) is 2.23. The Kier molecular flexibility index (Phi) is 1.60. The van der Waals surface area contributed by atoms with Crippen molar-refractivity contribution in [2.45, 2.75) is 12.3 Å². The first-order chi connectivity index (χ1) is 6.40. The van der Waals surface area contributed by atoms with Crippen LogP contribution in [0.15, 0.2) is 18.3 Å². The molecule has 0 radical (unpaired) electrons. The molecule has 3 rings (SSSR count). The Morgan fingerprint density at radius 2 is 2.54 bits per heavy atom. The third-order valence-electron chi connectivity index (χ3n) is 3.07. The first-order valence-electron chi connectivity index (χ1n) is 4.80. The molecule has 2 heterocycles. The van der Waals surface area contributed by atoms with Crippen LogP contribution < -0.4 is 4.67 Å². The van der Waals surface area contributed by atoms with Crippen molar-refractivity contribution in [3.05, 3.63) is 24.0 Å². The van der Waals surface area contributed by atoms with Crippen molar-refractivity contribution in [1.29, 1.82) is 0 Å². The molecule has 1 aromatic rings. The molecule has 3 heteroatoms. The van der Waals surface area contributed by atoms with Gasteiger partial charge in [0.2, 0.25) is 0 Å². The van der Waals surface area contributed by atoms with Crippen LogP contribution in [-0.2, 0) is 0 Å². The summed E-state index contributed by atoms with van der Waals surface area (Å²) in [4.78, 5) is 4.50. The fraction of sp³-hybridized carbons (Fsp3) is 0.500. The summed E-state index contributed by atoms with van der Waals surface area (Å²) < 4.78 is 2.48. The van der Waals surface area contributed by atoms with E-state index in [1.54, 1.807) is 0 Å². The van der Waals surface area contributed by atoms with Crippen molar-refractivity contribution in [1.82, 2.24) is 4.98 Å². The van der Waals surface area contributed by atoms with Crippen LogP contribution in [0.25, 0.3) is 0 Å². The molecule has 13 heavy (non-hydrogen) atoms. The minimum absolute atomic E-state index is 0.795. The molecule has 0 amide bonds. The van der Waals surface area contributed by atoms with Gasteiger partial charge in [0, 0.05) is 18.7 Å². The quantitative estimate of drug-likeness (QED) is 0.634. The fourth-order valence-electron chi connectivity index (χ4n) is 2.25. The van der Waals surface area contributed by atoms with Gasteiger partial charge in [0.05, 0.1) is 11.4 Å². The number of pyridine rings is 1. The molecule has 1 saturated carbocycles. The highest BCUT2D eigenvalue weighted by molar-refractivity contribution is 7.39. The summed E-state index contributed by atoms with van der Waals surface area (Å²) in [5.74, 6) is 1.71. The normalized spacial score (nSPS) is 30.4. The predicted molar refractivity (Wildman–Crippen MR) is 56.7 cm³/mol. The molecule has 0 bridgehead atoms. The van der Waals surface area contributed by atoms with Crippen LogP contribution in [0, 0.1) is 5.92 Å². The first-order valence-corrected chi connectivity index (χ1v) is 6.24. The zero-order valence-corrected chi connectivity index (χ0v) is 8.70. The van der Waals surface area contributed by atoms with Gasteiger partial charge >= 0.3 is 0 Å². The SMILES string of the molecule is CPN1CC2CC2c2ncccc21. The molecule has 0 spiro atoms. The number of hydrogen-bond acceptors (Lipinski definition) is 2. The van der Waals surface area contributed by atoms with Crippen molar-refractivity contribution in [3.8, 4) is 0 Å². The van der Waals surface area contributed by atoms with E-state index in [2.05, 4.69) is 28.5 Å². The van der Waals surface area contributed by atoms with Crippen LogP contribution in [0.4, 0.5) is 5.69 Å². The summed E-state index contributed by atoms with van der Waals surface area (Å²) in [7, 11) is 0.880. The first kappa shape index (κ1) is 7.75. The van der Waals surface area contributed by atoms with Gasteiger partial charge in [0.15, 0.2) is 0 Å². The average Bonchev–Trinajstić information content (AvgIpc) is 2.95. The monoisotopic (exact) mass is 192 g/mol. The Morgan fingerprint density at radius 3 is 3.38 bits per heavy atom. The molecule has 0 aromatic carbocycles. The highest BCUT2D eigenvalue weighted by atomic mass is 31.1. The van der Waals surface area contributed by atoms with E-state index in [0.717, 1.165) is 20.6 Å². The lowest BCUT2D eigenvalue weighted by Gasteiger charge is -2.28. The maximum atomic E-state index is 4.50. The van der Waals surface area contributed by atoms with Crippen molar-refractivity contribution < 1.29 is 0 Å². The number of anilines is 1. The largest absolute Gasteiger partial charge is 0.352 e. The molecule has 0 N–H and O–H groups in total. The topological polar surface area (TPSA) is 16.1 Å². The van der Waals surface area contributed by atoms with Gasteiger partial charge in [-0.1, -0.05) is 0 Å². The van der Waals surface area contributed by atoms with E-state index in [0.29, 0.717) is 0 Å². The van der Waals surface area contributed by atoms with Gasteiger partial charge in [-0.2, -0.15) is 0 Å². The molecule has 1 aliphatic heterocycles. The van der Waals surface area contributed by atoms with Crippen molar-refractivity contribution >= 4 is 14.4 Å². The Balaban J connectivity index is 2.08. The van der Waals surface area contributed by atoms with E-state index in [9.17, 15) is 0 Å². The van der Waals surface area contributed by atoms with Crippen LogP contribution in [0.5, 0.6) is 0 Å².